The molecule has 1 saturated heterocycles. The molecule has 0 aliphatic carbocycles. The van der Waals surface area contributed by atoms with Crippen LogP contribution in [0.4, 0.5) is 13.2 Å². The summed E-state index contributed by atoms with van der Waals surface area (Å²) in [7, 11) is 0. The first-order valence-electron chi connectivity index (χ1n) is 6.29. The normalized spacial score (nSPS) is 35.8. The van der Waals surface area contributed by atoms with Crippen molar-refractivity contribution >= 4 is 17.7 Å². The molecule has 0 bridgehead atoms. The van der Waals surface area contributed by atoms with Gasteiger partial charge in [-0.25, -0.2) is 0 Å². The fraction of sp³-hybridized carbons (Fsp3) is 0.909. The van der Waals surface area contributed by atoms with Gasteiger partial charge < -0.3 is 30.5 Å². The summed E-state index contributed by atoms with van der Waals surface area (Å²) in [5.41, 5.74) is -1.03. The molecular formula is C11H18F3NO6S. The molecule has 0 aromatic carbocycles. The molecule has 7 nitrogen and oxygen atoms in total. The van der Waals surface area contributed by atoms with Crippen molar-refractivity contribution in [3.63, 3.8) is 0 Å². The van der Waals surface area contributed by atoms with Crippen LogP contribution in [0, 0.1) is 0 Å². The summed E-state index contributed by atoms with van der Waals surface area (Å²) >= 11 is 0.957. The van der Waals surface area contributed by atoms with Crippen molar-refractivity contribution in [2.45, 2.75) is 55.1 Å². The molecule has 1 amide bonds. The predicted molar refractivity (Wildman–Crippen MR) is 69.9 cm³/mol. The molecule has 130 valence electrons. The number of alkyl halides is 3. The van der Waals surface area contributed by atoms with Crippen molar-refractivity contribution in [3.8, 4) is 0 Å². The van der Waals surface area contributed by atoms with Gasteiger partial charge in [0, 0.05) is 0 Å². The Balaban J connectivity index is 2.97. The Morgan fingerprint density at radius 2 is 1.77 bits per heavy atom. The van der Waals surface area contributed by atoms with Gasteiger partial charge in [0.15, 0.2) is 0 Å². The average molecular weight is 349 g/mol. The Morgan fingerprint density at radius 3 is 2.18 bits per heavy atom. The van der Waals surface area contributed by atoms with E-state index in [1.165, 1.54) is 11.6 Å². The second kappa shape index (κ2) is 7.32. The van der Waals surface area contributed by atoms with Crippen LogP contribution in [0.3, 0.4) is 0 Å². The van der Waals surface area contributed by atoms with E-state index >= 15 is 0 Å². The summed E-state index contributed by atoms with van der Waals surface area (Å²) in [6.07, 6.45) is -11.6. The average Bonchev–Trinajstić information content (AvgIpc) is 2.41. The molecule has 0 aromatic rings. The van der Waals surface area contributed by atoms with Gasteiger partial charge in [-0.3, -0.25) is 4.79 Å². The summed E-state index contributed by atoms with van der Waals surface area (Å²) in [4.78, 5) is 11.0. The van der Waals surface area contributed by atoms with Crippen molar-refractivity contribution in [2.75, 3.05) is 6.26 Å². The highest BCUT2D eigenvalue weighted by Crippen LogP contribution is 2.29. The zero-order valence-electron chi connectivity index (χ0n) is 11.7. The molecule has 22 heavy (non-hydrogen) atoms. The van der Waals surface area contributed by atoms with Gasteiger partial charge in [0.25, 0.3) is 0 Å². The van der Waals surface area contributed by atoms with Gasteiger partial charge in [0.2, 0.25) is 0 Å². The number of hydrogen-bond acceptors (Lipinski definition) is 7. The Morgan fingerprint density at radius 1 is 1.23 bits per heavy atom. The third-order valence-electron chi connectivity index (χ3n) is 3.27. The third kappa shape index (κ3) is 4.24. The van der Waals surface area contributed by atoms with Crippen LogP contribution in [0.25, 0.3) is 0 Å². The second-order valence-electron chi connectivity index (χ2n) is 4.91. The first kappa shape index (κ1) is 19.5. The molecule has 1 heterocycles. The molecule has 11 heteroatoms. The van der Waals surface area contributed by atoms with Gasteiger partial charge in [0.1, 0.15) is 29.9 Å². The molecule has 1 fully saturated rings. The van der Waals surface area contributed by atoms with Gasteiger partial charge in [-0.05, 0) is 13.2 Å². The number of aliphatic hydroxyl groups excluding tert-OH is 4. The highest BCUT2D eigenvalue weighted by molar-refractivity contribution is 7.99. The Bertz CT molecular complexity index is 395. The van der Waals surface area contributed by atoms with E-state index in [1.807, 2.05) is 0 Å². The zero-order valence-corrected chi connectivity index (χ0v) is 12.5. The maximum absolute atomic E-state index is 12.3. The van der Waals surface area contributed by atoms with Crippen LogP contribution in [0.2, 0.25) is 0 Å². The summed E-state index contributed by atoms with van der Waals surface area (Å²) < 4.78 is 42.2. The fourth-order valence-electron chi connectivity index (χ4n) is 2.08. The van der Waals surface area contributed by atoms with Crippen LogP contribution < -0.4 is 5.32 Å². The molecule has 1 rings (SSSR count). The first-order chi connectivity index (χ1) is 10.0. The Labute approximate surface area is 128 Å². The minimum atomic E-state index is -5.18. The van der Waals surface area contributed by atoms with E-state index in [9.17, 15) is 38.4 Å². The van der Waals surface area contributed by atoms with Crippen LogP contribution >= 0.6 is 11.8 Å². The number of thioether (sulfide) groups is 1. The molecule has 1 aliphatic heterocycles. The zero-order chi connectivity index (χ0) is 17.2. The summed E-state index contributed by atoms with van der Waals surface area (Å²) in [6, 6.07) is -1.62. The quantitative estimate of drug-likeness (QED) is 0.423. The topological polar surface area (TPSA) is 119 Å². The molecule has 0 spiro atoms. The number of amides is 1. The monoisotopic (exact) mass is 349 g/mol. The summed E-state index contributed by atoms with van der Waals surface area (Å²) in [5, 5.41) is 40.4. The standard InChI is InChI=1S/C11H18F3NO6S/c1-3(16)4(15-10(20)11(12,13)14)8-6(18)5(17)7(19)9(21-8)22-2/h3-9,16-19H,1-2H3,(H,15,20)/t3-,4-,5-,6?,7-,8-,9?/m1/s1. The fourth-order valence-corrected chi connectivity index (χ4v) is 2.75. The number of rotatable bonds is 4. The van der Waals surface area contributed by atoms with Crippen molar-refractivity contribution in [2.24, 2.45) is 0 Å². The molecule has 5 N–H and O–H groups in total. The molecule has 0 aromatic heterocycles. The second-order valence-corrected chi connectivity index (χ2v) is 5.85. The van der Waals surface area contributed by atoms with Gasteiger partial charge in [0.05, 0.1) is 12.1 Å². The van der Waals surface area contributed by atoms with E-state index in [-0.39, 0.29) is 0 Å². The first-order valence-corrected chi connectivity index (χ1v) is 7.57. The molecule has 0 radical (unpaired) electrons. The smallest absolute Gasteiger partial charge is 0.391 e. The lowest BCUT2D eigenvalue weighted by atomic mass is 9.92. The van der Waals surface area contributed by atoms with Crippen molar-refractivity contribution in [1.82, 2.24) is 5.32 Å². The number of hydrogen-bond donors (Lipinski definition) is 5. The van der Waals surface area contributed by atoms with E-state index in [1.54, 1.807) is 0 Å². The highest BCUT2D eigenvalue weighted by atomic mass is 32.2. The summed E-state index contributed by atoms with van der Waals surface area (Å²) in [5.74, 6) is -2.31. The highest BCUT2D eigenvalue weighted by Gasteiger charge is 2.49. The van der Waals surface area contributed by atoms with Crippen LogP contribution in [0.5, 0.6) is 0 Å². The lowest BCUT2D eigenvalue weighted by molar-refractivity contribution is -0.214. The van der Waals surface area contributed by atoms with E-state index in [2.05, 4.69) is 0 Å². The minimum absolute atomic E-state index is 0.957. The van der Waals surface area contributed by atoms with Crippen LogP contribution in [-0.4, -0.2) is 80.8 Å². The van der Waals surface area contributed by atoms with Crippen molar-refractivity contribution < 1.29 is 43.1 Å². The number of carbonyl (C=O) groups excluding carboxylic acids is 1. The summed E-state index contributed by atoms with van der Waals surface area (Å²) in [6.45, 7) is 1.10. The molecule has 0 saturated carbocycles. The maximum atomic E-state index is 12.3. The predicted octanol–water partition coefficient (Wildman–Crippen LogP) is -1.42. The molecule has 2 unspecified atom stereocenters. The lowest BCUT2D eigenvalue weighted by Gasteiger charge is -2.43. The lowest BCUT2D eigenvalue weighted by Crippen LogP contribution is -2.65. The van der Waals surface area contributed by atoms with Gasteiger partial charge >= 0.3 is 12.1 Å². The van der Waals surface area contributed by atoms with Crippen LogP contribution in [0.15, 0.2) is 0 Å². The Kier molecular flexibility index (Phi) is 6.47. The third-order valence-corrected chi connectivity index (χ3v) is 4.12. The number of halogens is 3. The van der Waals surface area contributed by atoms with E-state index in [4.69, 9.17) is 4.74 Å². The van der Waals surface area contributed by atoms with E-state index in [0.717, 1.165) is 18.7 Å². The van der Waals surface area contributed by atoms with E-state index < -0.39 is 54.1 Å². The van der Waals surface area contributed by atoms with Crippen molar-refractivity contribution in [3.05, 3.63) is 0 Å². The number of nitrogens with one attached hydrogen (secondary N) is 1. The largest absolute Gasteiger partial charge is 0.471 e. The number of aliphatic hydroxyl groups is 4. The number of carbonyl (C=O) groups is 1. The van der Waals surface area contributed by atoms with Gasteiger partial charge in [-0.2, -0.15) is 13.2 Å². The molecular weight excluding hydrogens is 331 g/mol. The maximum Gasteiger partial charge on any atom is 0.471 e. The van der Waals surface area contributed by atoms with Crippen molar-refractivity contribution in [1.29, 1.82) is 0 Å². The molecule has 7 atom stereocenters. The van der Waals surface area contributed by atoms with E-state index in [0.29, 0.717) is 0 Å². The van der Waals surface area contributed by atoms with Crippen LogP contribution in [-0.2, 0) is 9.53 Å². The number of ether oxygens (including phenoxy) is 1. The minimum Gasteiger partial charge on any atom is -0.391 e. The Hall–Kier alpha value is -0.590. The van der Waals surface area contributed by atoms with Gasteiger partial charge in [-0.1, -0.05) is 0 Å². The van der Waals surface area contributed by atoms with Crippen LogP contribution in [0.1, 0.15) is 6.92 Å². The van der Waals surface area contributed by atoms with Gasteiger partial charge in [-0.15, -0.1) is 11.8 Å². The SMILES string of the molecule is CSC1O[C@H]([C@H](NC(=O)C(F)(F)F)[C@@H](C)O)C(O)[C@@H](O)[C@H]1O. The molecule has 1 aliphatic rings.